The minimum atomic E-state index is 0.0810. The maximum atomic E-state index is 11.5. The quantitative estimate of drug-likeness (QED) is 0.766. The highest BCUT2D eigenvalue weighted by Gasteiger charge is 2.05. The molecule has 1 aromatic rings. The fourth-order valence-electron chi connectivity index (χ4n) is 1.54. The first kappa shape index (κ1) is 13.2. The molecule has 1 aromatic heterocycles. The lowest BCUT2D eigenvalue weighted by Gasteiger charge is -2.12. The molecule has 0 radical (unpaired) electrons. The molecule has 0 aliphatic heterocycles. The van der Waals surface area contributed by atoms with Crippen LogP contribution in [0.25, 0.3) is 0 Å². The summed E-state index contributed by atoms with van der Waals surface area (Å²) in [5.74, 6) is 0.0810. The Hall–Kier alpha value is -0.870. The number of hydrogen-bond acceptors (Lipinski definition) is 3. The molecule has 0 spiro atoms. The van der Waals surface area contributed by atoms with Gasteiger partial charge in [0.05, 0.1) is 6.54 Å². The molecule has 0 aromatic carbocycles. The van der Waals surface area contributed by atoms with E-state index in [0.29, 0.717) is 6.54 Å². The van der Waals surface area contributed by atoms with Gasteiger partial charge in [-0.2, -0.15) is 0 Å². The third-order valence-corrected chi connectivity index (χ3v) is 3.17. The number of thiophene rings is 1. The minimum Gasteiger partial charge on any atom is -0.353 e. The summed E-state index contributed by atoms with van der Waals surface area (Å²) in [4.78, 5) is 12.7. The van der Waals surface area contributed by atoms with Gasteiger partial charge in [0, 0.05) is 17.5 Å². The number of rotatable bonds is 7. The predicted octanol–water partition coefficient (Wildman–Crippen LogP) is 2.14. The number of nitrogens with one attached hydrogen (secondary N) is 2. The maximum absolute atomic E-state index is 11.5. The van der Waals surface area contributed by atoms with Gasteiger partial charge in [-0.1, -0.05) is 19.4 Å². The molecule has 0 bridgehead atoms. The van der Waals surface area contributed by atoms with Crippen molar-refractivity contribution in [3.8, 4) is 0 Å². The summed E-state index contributed by atoms with van der Waals surface area (Å²) < 4.78 is 0. The number of hydrogen-bond donors (Lipinski definition) is 2. The third-order valence-electron chi connectivity index (χ3n) is 2.29. The van der Waals surface area contributed by atoms with Crippen molar-refractivity contribution in [1.82, 2.24) is 10.6 Å². The fourth-order valence-corrected chi connectivity index (χ4v) is 2.22. The zero-order valence-electron chi connectivity index (χ0n) is 9.95. The summed E-state index contributed by atoms with van der Waals surface area (Å²) in [6, 6.07) is 4.36. The highest BCUT2D eigenvalue weighted by Crippen LogP contribution is 2.06. The molecule has 0 saturated heterocycles. The van der Waals surface area contributed by atoms with Crippen LogP contribution in [0.2, 0.25) is 0 Å². The zero-order valence-corrected chi connectivity index (χ0v) is 10.8. The SMILES string of the molecule is CCCC(C)NC(=O)CNCc1cccs1. The van der Waals surface area contributed by atoms with Gasteiger partial charge >= 0.3 is 0 Å². The van der Waals surface area contributed by atoms with Crippen molar-refractivity contribution in [3.63, 3.8) is 0 Å². The highest BCUT2D eigenvalue weighted by molar-refractivity contribution is 7.09. The maximum Gasteiger partial charge on any atom is 0.234 e. The first-order valence-corrected chi connectivity index (χ1v) is 6.62. The lowest BCUT2D eigenvalue weighted by Crippen LogP contribution is -2.38. The summed E-state index contributed by atoms with van der Waals surface area (Å²) in [5.41, 5.74) is 0. The van der Waals surface area contributed by atoms with Crippen LogP contribution in [0.3, 0.4) is 0 Å². The number of carbonyl (C=O) groups excluding carboxylic acids is 1. The minimum absolute atomic E-state index is 0.0810. The fraction of sp³-hybridized carbons (Fsp3) is 0.583. The Morgan fingerprint density at radius 1 is 1.56 bits per heavy atom. The molecule has 1 atom stereocenters. The van der Waals surface area contributed by atoms with E-state index in [1.165, 1.54) is 4.88 Å². The van der Waals surface area contributed by atoms with Crippen molar-refractivity contribution >= 4 is 17.2 Å². The molecule has 1 unspecified atom stereocenters. The van der Waals surface area contributed by atoms with E-state index in [-0.39, 0.29) is 11.9 Å². The van der Waals surface area contributed by atoms with Gasteiger partial charge in [0.2, 0.25) is 5.91 Å². The van der Waals surface area contributed by atoms with Crippen LogP contribution >= 0.6 is 11.3 Å². The van der Waals surface area contributed by atoms with E-state index in [1.54, 1.807) is 11.3 Å². The standard InChI is InChI=1S/C12H20N2OS/c1-3-5-10(2)14-12(15)9-13-8-11-6-4-7-16-11/h4,6-7,10,13H,3,5,8-9H2,1-2H3,(H,14,15). The second kappa shape index (κ2) is 7.41. The van der Waals surface area contributed by atoms with Crippen molar-refractivity contribution in [1.29, 1.82) is 0 Å². The summed E-state index contributed by atoms with van der Waals surface area (Å²) in [6.45, 7) is 5.33. The first-order chi connectivity index (χ1) is 7.72. The Morgan fingerprint density at radius 2 is 2.38 bits per heavy atom. The molecule has 0 aliphatic rings. The summed E-state index contributed by atoms with van der Waals surface area (Å²) in [5, 5.41) is 8.14. The second-order valence-electron chi connectivity index (χ2n) is 3.94. The van der Waals surface area contributed by atoms with Gasteiger partial charge < -0.3 is 10.6 Å². The van der Waals surface area contributed by atoms with Crippen LogP contribution in [0.4, 0.5) is 0 Å². The average Bonchev–Trinajstić information content (AvgIpc) is 2.70. The summed E-state index contributed by atoms with van der Waals surface area (Å²) in [7, 11) is 0. The van der Waals surface area contributed by atoms with Crippen LogP contribution in [0.1, 0.15) is 31.6 Å². The van der Waals surface area contributed by atoms with Crippen molar-refractivity contribution in [2.75, 3.05) is 6.54 Å². The molecule has 1 rings (SSSR count). The molecule has 0 saturated carbocycles. The topological polar surface area (TPSA) is 41.1 Å². The lowest BCUT2D eigenvalue weighted by atomic mass is 10.2. The van der Waals surface area contributed by atoms with Gasteiger partial charge in [-0.15, -0.1) is 11.3 Å². The smallest absolute Gasteiger partial charge is 0.234 e. The van der Waals surface area contributed by atoms with Crippen LogP contribution in [0.5, 0.6) is 0 Å². The van der Waals surface area contributed by atoms with E-state index in [2.05, 4.69) is 23.6 Å². The molecule has 1 amide bonds. The Balaban J connectivity index is 2.10. The van der Waals surface area contributed by atoms with Crippen molar-refractivity contribution in [2.45, 2.75) is 39.3 Å². The monoisotopic (exact) mass is 240 g/mol. The van der Waals surface area contributed by atoms with E-state index < -0.39 is 0 Å². The molecule has 90 valence electrons. The summed E-state index contributed by atoms with van der Waals surface area (Å²) >= 11 is 1.70. The van der Waals surface area contributed by atoms with E-state index in [0.717, 1.165) is 19.4 Å². The Bertz CT molecular complexity index is 298. The van der Waals surface area contributed by atoms with Crippen LogP contribution in [-0.4, -0.2) is 18.5 Å². The van der Waals surface area contributed by atoms with Gasteiger partial charge in [0.25, 0.3) is 0 Å². The lowest BCUT2D eigenvalue weighted by molar-refractivity contribution is -0.120. The average molecular weight is 240 g/mol. The largest absolute Gasteiger partial charge is 0.353 e. The van der Waals surface area contributed by atoms with E-state index in [4.69, 9.17) is 0 Å². The van der Waals surface area contributed by atoms with Crippen molar-refractivity contribution < 1.29 is 4.79 Å². The first-order valence-electron chi connectivity index (χ1n) is 5.74. The number of carbonyl (C=O) groups is 1. The normalized spacial score (nSPS) is 12.4. The van der Waals surface area contributed by atoms with Crippen molar-refractivity contribution in [3.05, 3.63) is 22.4 Å². The number of amides is 1. The molecule has 2 N–H and O–H groups in total. The summed E-state index contributed by atoms with van der Waals surface area (Å²) in [6.07, 6.45) is 2.14. The molecule has 1 heterocycles. The van der Waals surface area contributed by atoms with Crippen LogP contribution in [0, 0.1) is 0 Å². The molecule has 16 heavy (non-hydrogen) atoms. The van der Waals surface area contributed by atoms with Crippen molar-refractivity contribution in [2.24, 2.45) is 0 Å². The molecule has 4 heteroatoms. The van der Waals surface area contributed by atoms with Gasteiger partial charge in [0.15, 0.2) is 0 Å². The van der Waals surface area contributed by atoms with Gasteiger partial charge in [-0.3, -0.25) is 4.79 Å². The highest BCUT2D eigenvalue weighted by atomic mass is 32.1. The molecular weight excluding hydrogens is 220 g/mol. The predicted molar refractivity (Wildman–Crippen MR) is 68.5 cm³/mol. The van der Waals surface area contributed by atoms with E-state index in [9.17, 15) is 4.79 Å². The van der Waals surface area contributed by atoms with E-state index in [1.807, 2.05) is 18.4 Å². The van der Waals surface area contributed by atoms with Crippen LogP contribution in [-0.2, 0) is 11.3 Å². The van der Waals surface area contributed by atoms with Gasteiger partial charge in [0.1, 0.15) is 0 Å². The third kappa shape index (κ3) is 5.28. The van der Waals surface area contributed by atoms with Crippen LogP contribution < -0.4 is 10.6 Å². The van der Waals surface area contributed by atoms with Gasteiger partial charge in [-0.25, -0.2) is 0 Å². The Labute approximate surface area is 101 Å². The Morgan fingerprint density at radius 3 is 3.00 bits per heavy atom. The Kier molecular flexibility index (Phi) is 6.11. The molecule has 0 aliphatic carbocycles. The van der Waals surface area contributed by atoms with E-state index >= 15 is 0 Å². The molecule has 3 nitrogen and oxygen atoms in total. The van der Waals surface area contributed by atoms with Gasteiger partial charge in [-0.05, 0) is 24.8 Å². The second-order valence-corrected chi connectivity index (χ2v) is 4.97. The molecular formula is C12H20N2OS. The van der Waals surface area contributed by atoms with Crippen LogP contribution in [0.15, 0.2) is 17.5 Å². The molecule has 0 fully saturated rings. The zero-order chi connectivity index (χ0) is 11.8.